The molecule has 0 saturated carbocycles. The molecule has 0 aromatic carbocycles. The Bertz CT molecular complexity index is 95.6. The molecule has 0 aliphatic carbocycles. The second-order valence-electron chi connectivity index (χ2n) is 0.448. The molecule has 0 amide bonds. The van der Waals surface area contributed by atoms with Crippen molar-refractivity contribution in [1.82, 2.24) is 0 Å². The summed E-state index contributed by atoms with van der Waals surface area (Å²) in [7, 11) is -3.67. The van der Waals surface area contributed by atoms with Gasteiger partial charge in [0, 0.05) is 24.2 Å². The van der Waals surface area contributed by atoms with Crippen LogP contribution in [0.1, 0.15) is 0 Å². The fourth-order valence-corrected chi connectivity index (χ4v) is 0. The minimum absolute atomic E-state index is 0. The Kier molecular flexibility index (Phi) is 14.5. The minimum atomic E-state index is -4.67. The van der Waals surface area contributed by atoms with E-state index in [1.165, 1.54) is 0 Å². The topological polar surface area (TPSA) is 94.8 Å². The predicted octanol–water partition coefficient (Wildman–Crippen LogP) is -1.05. The molecule has 0 aliphatic heterocycles. The van der Waals surface area contributed by atoms with Crippen LogP contribution in [-0.2, 0) is 27.5 Å². The Morgan fingerprint density at radius 2 is 1.12 bits per heavy atom. The molecule has 0 saturated heterocycles. The Labute approximate surface area is 57.8 Å². The molecule has 0 fully saturated rings. The summed E-state index contributed by atoms with van der Waals surface area (Å²) in [6.45, 7) is 0. The summed E-state index contributed by atoms with van der Waals surface area (Å²) >= 11 is 0. The smallest absolute Gasteiger partial charge is 0.394 e. The van der Waals surface area contributed by atoms with Gasteiger partial charge < -0.3 is 5.11 Å². The molecule has 0 bridgehead atoms. The van der Waals surface area contributed by atoms with E-state index in [2.05, 4.69) is 0 Å². The Balaban J connectivity index is -0.0000000750. The van der Waals surface area contributed by atoms with Crippen LogP contribution in [0.4, 0.5) is 0 Å². The number of aliphatic hydroxyl groups excluding tert-OH is 1. The van der Waals surface area contributed by atoms with Gasteiger partial charge in [0.05, 0.1) is 0 Å². The molecule has 57 valence electrons. The number of aliphatic hydroxyl groups is 1. The van der Waals surface area contributed by atoms with Gasteiger partial charge in [-0.1, -0.05) is 0 Å². The van der Waals surface area contributed by atoms with Gasteiger partial charge in [-0.2, -0.15) is 8.42 Å². The third-order valence-corrected chi connectivity index (χ3v) is 0. The second kappa shape index (κ2) is 7.35. The fraction of sp³-hybridized carbons (Fsp3) is 1.00. The zero-order valence-electron chi connectivity index (χ0n) is 3.87. The maximum atomic E-state index is 8.74. The molecular formula is CH6CuO5S. The first-order valence-corrected chi connectivity index (χ1v) is 2.54. The molecule has 0 unspecified atom stereocenters. The Morgan fingerprint density at radius 1 is 1.12 bits per heavy atom. The molecule has 0 atom stereocenters. The van der Waals surface area contributed by atoms with Crippen molar-refractivity contribution in [3.8, 4) is 0 Å². The van der Waals surface area contributed by atoms with Crippen molar-refractivity contribution in [3.05, 3.63) is 0 Å². The standard InChI is InChI=1S/CH4O.Cu.H2O4S/c1-2;;1-5(2,3)4/h2H,1H3;;(H2,1,2,3,4). The molecule has 0 aromatic rings. The zero-order valence-corrected chi connectivity index (χ0v) is 5.63. The van der Waals surface area contributed by atoms with E-state index in [4.69, 9.17) is 22.6 Å². The SMILES string of the molecule is CO.O=S(=O)(O)O.[Cu]. The second-order valence-corrected chi connectivity index (χ2v) is 1.34. The van der Waals surface area contributed by atoms with E-state index in [1.54, 1.807) is 0 Å². The Hall–Kier alpha value is 0.349. The minimum Gasteiger partial charge on any atom is -0.400 e. The predicted molar refractivity (Wildman–Crippen MR) is 22.3 cm³/mol. The van der Waals surface area contributed by atoms with E-state index in [1.807, 2.05) is 0 Å². The first-order chi connectivity index (χ1) is 3.00. The van der Waals surface area contributed by atoms with Crippen LogP contribution in [0.2, 0.25) is 0 Å². The first kappa shape index (κ1) is 15.8. The Morgan fingerprint density at radius 3 is 1.12 bits per heavy atom. The summed E-state index contributed by atoms with van der Waals surface area (Å²) in [4.78, 5) is 0. The van der Waals surface area contributed by atoms with Gasteiger partial charge in [-0.3, -0.25) is 9.11 Å². The third kappa shape index (κ3) is 1490. The molecule has 0 heterocycles. The molecule has 7 heteroatoms. The van der Waals surface area contributed by atoms with Gasteiger partial charge in [0.15, 0.2) is 0 Å². The van der Waals surface area contributed by atoms with Crippen molar-refractivity contribution in [2.75, 3.05) is 7.11 Å². The molecular weight excluding hydrogens is 188 g/mol. The van der Waals surface area contributed by atoms with Gasteiger partial charge in [0.25, 0.3) is 0 Å². The van der Waals surface area contributed by atoms with Crippen LogP contribution in [0.5, 0.6) is 0 Å². The van der Waals surface area contributed by atoms with E-state index < -0.39 is 10.4 Å². The maximum Gasteiger partial charge on any atom is 0.394 e. The third-order valence-electron chi connectivity index (χ3n) is 0. The molecule has 0 spiro atoms. The van der Waals surface area contributed by atoms with Gasteiger partial charge in [-0.15, -0.1) is 0 Å². The summed E-state index contributed by atoms with van der Waals surface area (Å²) in [5, 5.41) is 7.00. The van der Waals surface area contributed by atoms with Gasteiger partial charge in [0.1, 0.15) is 0 Å². The van der Waals surface area contributed by atoms with E-state index in [0.29, 0.717) is 0 Å². The monoisotopic (exact) mass is 193 g/mol. The average Bonchev–Trinajstić information content (AvgIpc) is 1.36. The molecule has 0 rings (SSSR count). The van der Waals surface area contributed by atoms with Crippen molar-refractivity contribution >= 4 is 10.4 Å². The van der Waals surface area contributed by atoms with Crippen LogP contribution in [0.25, 0.3) is 0 Å². The van der Waals surface area contributed by atoms with Crippen molar-refractivity contribution in [1.29, 1.82) is 0 Å². The molecule has 1 radical (unpaired) electrons. The van der Waals surface area contributed by atoms with Crippen LogP contribution < -0.4 is 0 Å². The van der Waals surface area contributed by atoms with Gasteiger partial charge in [-0.05, 0) is 0 Å². The molecule has 0 aromatic heterocycles. The molecule has 8 heavy (non-hydrogen) atoms. The quantitative estimate of drug-likeness (QED) is 0.337. The van der Waals surface area contributed by atoms with Gasteiger partial charge in [0.2, 0.25) is 0 Å². The van der Waals surface area contributed by atoms with Crippen molar-refractivity contribution in [2.24, 2.45) is 0 Å². The largest absolute Gasteiger partial charge is 0.400 e. The summed E-state index contributed by atoms with van der Waals surface area (Å²) < 4.78 is 31.6. The van der Waals surface area contributed by atoms with E-state index in [9.17, 15) is 0 Å². The van der Waals surface area contributed by atoms with E-state index in [-0.39, 0.29) is 17.1 Å². The summed E-state index contributed by atoms with van der Waals surface area (Å²) in [6, 6.07) is 0. The summed E-state index contributed by atoms with van der Waals surface area (Å²) in [6.07, 6.45) is 0. The normalized spacial score (nSPS) is 8.00. The maximum absolute atomic E-state index is 8.74. The van der Waals surface area contributed by atoms with Crippen LogP contribution in [0.15, 0.2) is 0 Å². The van der Waals surface area contributed by atoms with E-state index in [0.717, 1.165) is 7.11 Å². The average molecular weight is 194 g/mol. The van der Waals surface area contributed by atoms with Gasteiger partial charge in [-0.25, -0.2) is 0 Å². The molecule has 3 N–H and O–H groups in total. The summed E-state index contributed by atoms with van der Waals surface area (Å²) in [5.74, 6) is 0. The number of hydrogen-bond acceptors (Lipinski definition) is 3. The van der Waals surface area contributed by atoms with Crippen molar-refractivity contribution in [2.45, 2.75) is 0 Å². The van der Waals surface area contributed by atoms with Crippen molar-refractivity contribution < 1.29 is 39.7 Å². The number of hydrogen-bond donors (Lipinski definition) is 3. The summed E-state index contributed by atoms with van der Waals surface area (Å²) in [5.41, 5.74) is 0. The number of rotatable bonds is 0. The van der Waals surface area contributed by atoms with Crippen molar-refractivity contribution in [3.63, 3.8) is 0 Å². The molecule has 0 aliphatic rings. The van der Waals surface area contributed by atoms with Crippen LogP contribution in [0, 0.1) is 0 Å². The fourth-order valence-electron chi connectivity index (χ4n) is 0. The van der Waals surface area contributed by atoms with Crippen LogP contribution in [-0.4, -0.2) is 29.7 Å². The van der Waals surface area contributed by atoms with Crippen LogP contribution >= 0.6 is 0 Å². The van der Waals surface area contributed by atoms with E-state index >= 15 is 0 Å². The van der Waals surface area contributed by atoms with Crippen LogP contribution in [0.3, 0.4) is 0 Å². The first-order valence-electron chi connectivity index (χ1n) is 1.15. The molecule has 5 nitrogen and oxygen atoms in total. The zero-order chi connectivity index (χ0) is 6.50. The van der Waals surface area contributed by atoms with Gasteiger partial charge >= 0.3 is 10.4 Å².